The summed E-state index contributed by atoms with van der Waals surface area (Å²) in [6, 6.07) is 7.75. The molecule has 1 N–H and O–H groups in total. The highest BCUT2D eigenvalue weighted by atomic mass is 35.5. The standard InChI is InChI=1S/C13H14ClN3OS/c1-3-15-13-16-8-11(14)12(17-13)19-10-6-4-9(18-2)5-7-10/h4-8H,3H2,1-2H3,(H,15,16,17). The third-order valence-electron chi connectivity index (χ3n) is 2.32. The highest BCUT2D eigenvalue weighted by molar-refractivity contribution is 7.99. The van der Waals surface area contributed by atoms with Crippen molar-refractivity contribution in [2.45, 2.75) is 16.8 Å². The van der Waals surface area contributed by atoms with E-state index in [0.717, 1.165) is 22.2 Å². The summed E-state index contributed by atoms with van der Waals surface area (Å²) < 4.78 is 5.12. The average Bonchev–Trinajstić information content (AvgIpc) is 2.44. The SMILES string of the molecule is CCNc1ncc(Cl)c(Sc2ccc(OC)cc2)n1. The molecule has 1 aromatic carbocycles. The molecule has 100 valence electrons. The first-order valence-corrected chi connectivity index (χ1v) is 7.00. The second-order valence-corrected chi connectivity index (χ2v) is 5.12. The van der Waals surface area contributed by atoms with Crippen molar-refractivity contribution in [2.24, 2.45) is 0 Å². The van der Waals surface area contributed by atoms with Crippen LogP contribution < -0.4 is 10.1 Å². The smallest absolute Gasteiger partial charge is 0.223 e. The first-order valence-electron chi connectivity index (χ1n) is 5.81. The molecule has 2 rings (SSSR count). The molecule has 0 aliphatic carbocycles. The van der Waals surface area contributed by atoms with Gasteiger partial charge in [0, 0.05) is 11.4 Å². The van der Waals surface area contributed by atoms with Gasteiger partial charge in [0.15, 0.2) is 0 Å². The van der Waals surface area contributed by atoms with Crippen LogP contribution in [0.15, 0.2) is 40.4 Å². The zero-order chi connectivity index (χ0) is 13.7. The number of rotatable bonds is 5. The molecule has 0 fully saturated rings. The van der Waals surface area contributed by atoms with Crippen LogP contribution >= 0.6 is 23.4 Å². The number of ether oxygens (including phenoxy) is 1. The average molecular weight is 296 g/mol. The molecule has 0 bridgehead atoms. The van der Waals surface area contributed by atoms with E-state index in [-0.39, 0.29) is 0 Å². The molecule has 1 aromatic heterocycles. The van der Waals surface area contributed by atoms with Gasteiger partial charge in [-0.3, -0.25) is 0 Å². The van der Waals surface area contributed by atoms with E-state index in [1.807, 2.05) is 31.2 Å². The molecule has 0 spiro atoms. The molecule has 1 heterocycles. The number of methoxy groups -OCH3 is 1. The summed E-state index contributed by atoms with van der Waals surface area (Å²) in [6.07, 6.45) is 1.61. The van der Waals surface area contributed by atoms with Crippen molar-refractivity contribution in [3.63, 3.8) is 0 Å². The Labute approximate surface area is 121 Å². The molecular formula is C13H14ClN3OS. The molecule has 0 radical (unpaired) electrons. The molecule has 0 saturated carbocycles. The molecule has 4 nitrogen and oxygen atoms in total. The third-order valence-corrected chi connectivity index (χ3v) is 3.72. The van der Waals surface area contributed by atoms with Crippen LogP contribution in [0.25, 0.3) is 0 Å². The number of nitrogens with zero attached hydrogens (tertiary/aromatic N) is 2. The molecule has 6 heteroatoms. The van der Waals surface area contributed by atoms with Crippen molar-refractivity contribution in [3.8, 4) is 5.75 Å². The van der Waals surface area contributed by atoms with Gasteiger partial charge in [-0.15, -0.1) is 0 Å². The summed E-state index contributed by atoms with van der Waals surface area (Å²) in [4.78, 5) is 9.53. The zero-order valence-electron chi connectivity index (χ0n) is 10.7. The summed E-state index contributed by atoms with van der Waals surface area (Å²) in [5, 5.41) is 4.34. The monoisotopic (exact) mass is 295 g/mol. The van der Waals surface area contributed by atoms with E-state index in [4.69, 9.17) is 16.3 Å². The molecule has 2 aromatic rings. The number of benzene rings is 1. The molecule has 0 amide bonds. The topological polar surface area (TPSA) is 47.0 Å². The van der Waals surface area contributed by atoms with Crippen molar-refractivity contribution >= 4 is 29.3 Å². The summed E-state index contributed by atoms with van der Waals surface area (Å²) >= 11 is 7.60. The Bertz CT molecular complexity index is 548. The van der Waals surface area contributed by atoms with Crippen molar-refractivity contribution in [1.29, 1.82) is 0 Å². The van der Waals surface area contributed by atoms with Gasteiger partial charge in [0.25, 0.3) is 0 Å². The minimum absolute atomic E-state index is 0.544. The van der Waals surface area contributed by atoms with Gasteiger partial charge in [0.2, 0.25) is 5.95 Å². The third kappa shape index (κ3) is 3.75. The van der Waals surface area contributed by atoms with Crippen molar-refractivity contribution in [1.82, 2.24) is 9.97 Å². The van der Waals surface area contributed by atoms with Crippen molar-refractivity contribution in [2.75, 3.05) is 19.0 Å². The number of anilines is 1. The normalized spacial score (nSPS) is 10.3. The second-order valence-electron chi connectivity index (χ2n) is 3.65. The Morgan fingerprint density at radius 1 is 1.32 bits per heavy atom. The highest BCUT2D eigenvalue weighted by Gasteiger charge is 2.07. The summed E-state index contributed by atoms with van der Waals surface area (Å²) in [5.74, 6) is 1.41. The fraction of sp³-hybridized carbons (Fsp3) is 0.231. The predicted octanol–water partition coefficient (Wildman–Crippen LogP) is 3.72. The molecule has 19 heavy (non-hydrogen) atoms. The first-order chi connectivity index (χ1) is 9.22. The Kier molecular flexibility index (Phi) is 4.87. The Hall–Kier alpha value is -1.46. The van der Waals surface area contributed by atoms with Gasteiger partial charge in [-0.2, -0.15) is 0 Å². The van der Waals surface area contributed by atoms with Crippen LogP contribution in [-0.4, -0.2) is 23.6 Å². The maximum atomic E-state index is 6.11. The molecule has 0 aliphatic heterocycles. The van der Waals surface area contributed by atoms with Crippen LogP contribution in [0, 0.1) is 0 Å². The Morgan fingerprint density at radius 2 is 2.05 bits per heavy atom. The van der Waals surface area contributed by atoms with Gasteiger partial charge in [0.05, 0.1) is 18.3 Å². The van der Waals surface area contributed by atoms with Crippen LogP contribution in [-0.2, 0) is 0 Å². The number of hydrogen-bond acceptors (Lipinski definition) is 5. The Morgan fingerprint density at radius 3 is 2.68 bits per heavy atom. The number of aromatic nitrogens is 2. The zero-order valence-corrected chi connectivity index (χ0v) is 12.3. The number of nitrogens with one attached hydrogen (secondary N) is 1. The maximum Gasteiger partial charge on any atom is 0.223 e. The fourth-order valence-corrected chi connectivity index (χ4v) is 2.41. The van der Waals surface area contributed by atoms with Crippen LogP contribution in [0.3, 0.4) is 0 Å². The van der Waals surface area contributed by atoms with Crippen molar-refractivity contribution in [3.05, 3.63) is 35.5 Å². The van der Waals surface area contributed by atoms with E-state index < -0.39 is 0 Å². The van der Waals surface area contributed by atoms with Gasteiger partial charge in [-0.1, -0.05) is 23.4 Å². The van der Waals surface area contributed by atoms with Crippen LogP contribution in [0.5, 0.6) is 5.75 Å². The maximum absolute atomic E-state index is 6.11. The lowest BCUT2D eigenvalue weighted by Gasteiger charge is -2.07. The van der Waals surface area contributed by atoms with Crippen molar-refractivity contribution < 1.29 is 4.74 Å². The van der Waals surface area contributed by atoms with Crippen LogP contribution in [0.4, 0.5) is 5.95 Å². The van der Waals surface area contributed by atoms with Gasteiger partial charge in [-0.05, 0) is 31.2 Å². The highest BCUT2D eigenvalue weighted by Crippen LogP contribution is 2.32. The first kappa shape index (κ1) is 14.0. The van der Waals surface area contributed by atoms with E-state index >= 15 is 0 Å². The lowest BCUT2D eigenvalue weighted by atomic mass is 10.3. The summed E-state index contributed by atoms with van der Waals surface area (Å²) in [6.45, 7) is 2.77. The van der Waals surface area contributed by atoms with Crippen LogP contribution in [0.2, 0.25) is 5.02 Å². The van der Waals surface area contributed by atoms with E-state index in [2.05, 4.69) is 15.3 Å². The fourth-order valence-electron chi connectivity index (χ4n) is 1.42. The van der Waals surface area contributed by atoms with E-state index in [9.17, 15) is 0 Å². The van der Waals surface area contributed by atoms with Gasteiger partial charge >= 0.3 is 0 Å². The van der Waals surface area contributed by atoms with E-state index in [1.54, 1.807) is 13.3 Å². The summed E-state index contributed by atoms with van der Waals surface area (Å²) in [5.41, 5.74) is 0. The molecule has 0 atom stereocenters. The van der Waals surface area contributed by atoms with E-state index in [1.165, 1.54) is 11.8 Å². The minimum Gasteiger partial charge on any atom is -0.497 e. The van der Waals surface area contributed by atoms with E-state index in [0.29, 0.717) is 11.0 Å². The van der Waals surface area contributed by atoms with Gasteiger partial charge in [-0.25, -0.2) is 9.97 Å². The Balaban J connectivity index is 2.18. The predicted molar refractivity (Wildman–Crippen MR) is 78.3 cm³/mol. The molecular weight excluding hydrogens is 282 g/mol. The largest absolute Gasteiger partial charge is 0.497 e. The molecule has 0 unspecified atom stereocenters. The second kappa shape index (κ2) is 6.63. The minimum atomic E-state index is 0.544. The molecule has 0 aliphatic rings. The lowest BCUT2D eigenvalue weighted by Crippen LogP contribution is -2.02. The summed E-state index contributed by atoms with van der Waals surface area (Å²) in [7, 11) is 1.64. The lowest BCUT2D eigenvalue weighted by molar-refractivity contribution is 0.414. The van der Waals surface area contributed by atoms with Crippen LogP contribution in [0.1, 0.15) is 6.92 Å². The van der Waals surface area contributed by atoms with Gasteiger partial charge in [0.1, 0.15) is 10.8 Å². The molecule has 0 saturated heterocycles. The quantitative estimate of drug-likeness (QED) is 0.852. The number of halogens is 1. The number of hydrogen-bond donors (Lipinski definition) is 1. The van der Waals surface area contributed by atoms with Gasteiger partial charge < -0.3 is 10.1 Å².